The molecule has 0 aliphatic carbocycles. The van der Waals surface area contributed by atoms with Gasteiger partial charge >= 0.3 is 6.03 Å². The molecule has 1 atom stereocenters. The molecule has 0 saturated heterocycles. The quantitative estimate of drug-likeness (QED) is 0.410. The molecule has 0 aliphatic heterocycles. The van der Waals surface area contributed by atoms with Crippen LogP contribution in [0.2, 0.25) is 5.02 Å². The number of thiazole rings is 1. The molecular formula is C24H36ClN5O2S. The molecule has 2 rings (SSSR count). The summed E-state index contributed by atoms with van der Waals surface area (Å²) >= 11 is 7.30. The van der Waals surface area contributed by atoms with E-state index in [9.17, 15) is 9.59 Å². The Bertz CT molecular complexity index is 883. The first-order chi connectivity index (χ1) is 15.7. The highest BCUT2D eigenvalue weighted by Crippen LogP contribution is 2.18. The maximum Gasteiger partial charge on any atom is 0.322 e. The van der Waals surface area contributed by atoms with Crippen molar-refractivity contribution in [1.29, 1.82) is 0 Å². The van der Waals surface area contributed by atoms with Gasteiger partial charge in [-0.3, -0.25) is 4.79 Å². The Morgan fingerprint density at radius 1 is 1.12 bits per heavy atom. The first-order valence-electron chi connectivity index (χ1n) is 11.5. The van der Waals surface area contributed by atoms with Crippen LogP contribution in [0, 0.1) is 0 Å². The lowest BCUT2D eigenvalue weighted by atomic mass is 10.1. The molecule has 2 aromatic rings. The number of urea groups is 1. The minimum atomic E-state index is -0.227. The molecule has 1 aromatic carbocycles. The summed E-state index contributed by atoms with van der Waals surface area (Å²) in [5.74, 6) is -0.172. The van der Waals surface area contributed by atoms with Crippen molar-refractivity contribution in [3.63, 3.8) is 0 Å². The zero-order chi connectivity index (χ0) is 24.4. The van der Waals surface area contributed by atoms with Gasteiger partial charge in [-0.1, -0.05) is 25.4 Å². The summed E-state index contributed by atoms with van der Waals surface area (Å²) in [5.41, 5.74) is 1.07. The third kappa shape index (κ3) is 8.95. The van der Waals surface area contributed by atoms with Gasteiger partial charge in [-0.05, 0) is 77.5 Å². The Hall–Kier alpha value is -2.16. The average molecular weight is 494 g/mol. The number of benzene rings is 1. The first kappa shape index (κ1) is 27.1. The Kier molecular flexibility index (Phi) is 11.1. The lowest BCUT2D eigenvalue weighted by Gasteiger charge is -2.26. The normalized spacial score (nSPS) is 12.1. The molecule has 7 nitrogen and oxygen atoms in total. The molecule has 0 fully saturated rings. The predicted octanol–water partition coefficient (Wildman–Crippen LogP) is 5.48. The van der Waals surface area contributed by atoms with E-state index in [0.717, 1.165) is 32.5 Å². The van der Waals surface area contributed by atoms with Gasteiger partial charge in [0.1, 0.15) is 10.7 Å². The smallest absolute Gasteiger partial charge is 0.322 e. The summed E-state index contributed by atoms with van der Waals surface area (Å²) in [6.45, 7) is 13.7. The summed E-state index contributed by atoms with van der Waals surface area (Å²) in [6, 6.07) is 6.79. The molecular weight excluding hydrogens is 458 g/mol. The molecule has 33 heavy (non-hydrogen) atoms. The fraction of sp³-hybridized carbons (Fsp3) is 0.542. The highest BCUT2D eigenvalue weighted by atomic mass is 35.5. The number of nitrogens with zero attached hydrogens (tertiary/aromatic N) is 3. The fourth-order valence-corrected chi connectivity index (χ4v) is 4.28. The summed E-state index contributed by atoms with van der Waals surface area (Å²) in [5, 5.41) is 9.00. The maximum absolute atomic E-state index is 12.8. The number of rotatable bonds is 12. The van der Waals surface area contributed by atoms with Crippen molar-refractivity contribution >= 4 is 40.6 Å². The molecule has 1 aromatic heterocycles. The van der Waals surface area contributed by atoms with E-state index in [1.165, 1.54) is 11.3 Å². The molecule has 9 heteroatoms. The van der Waals surface area contributed by atoms with E-state index in [4.69, 9.17) is 11.6 Å². The number of amides is 3. The lowest BCUT2D eigenvalue weighted by Crippen LogP contribution is -2.39. The van der Waals surface area contributed by atoms with Crippen LogP contribution in [0.15, 0.2) is 29.6 Å². The number of anilines is 1. The van der Waals surface area contributed by atoms with Gasteiger partial charge in [-0.15, -0.1) is 11.3 Å². The second-order valence-electron chi connectivity index (χ2n) is 8.33. The van der Waals surface area contributed by atoms with Crippen LogP contribution in [-0.2, 0) is 6.54 Å². The molecule has 2 N–H and O–H groups in total. The van der Waals surface area contributed by atoms with Crippen LogP contribution in [0.5, 0.6) is 0 Å². The molecule has 0 spiro atoms. The topological polar surface area (TPSA) is 77.6 Å². The third-order valence-corrected chi connectivity index (χ3v) is 6.54. The monoisotopic (exact) mass is 493 g/mol. The second kappa shape index (κ2) is 13.5. The number of hydrogen-bond donors (Lipinski definition) is 2. The van der Waals surface area contributed by atoms with Crippen molar-refractivity contribution in [3.8, 4) is 0 Å². The molecule has 182 valence electrons. The summed E-state index contributed by atoms with van der Waals surface area (Å²) in [6.07, 6.45) is 1.96. The minimum Gasteiger partial charge on any atom is -0.348 e. The molecule has 1 unspecified atom stereocenters. The second-order valence-corrected chi connectivity index (χ2v) is 9.71. The molecule has 0 radical (unpaired) electrons. The Morgan fingerprint density at radius 3 is 2.39 bits per heavy atom. The van der Waals surface area contributed by atoms with Crippen molar-refractivity contribution in [2.24, 2.45) is 0 Å². The van der Waals surface area contributed by atoms with Crippen LogP contribution in [0.25, 0.3) is 0 Å². The van der Waals surface area contributed by atoms with E-state index < -0.39 is 0 Å². The number of carbonyl (C=O) groups excluding carboxylic acids is 2. The van der Waals surface area contributed by atoms with E-state index in [1.54, 1.807) is 34.5 Å². The van der Waals surface area contributed by atoms with Crippen molar-refractivity contribution < 1.29 is 9.59 Å². The SMILES string of the molecule is CCN(CC)CCCC(C)NC(=O)c1csc(CN(C(=O)Nc2ccc(Cl)cc2)C(C)C)n1. The van der Waals surface area contributed by atoms with Crippen LogP contribution in [-0.4, -0.2) is 58.4 Å². The van der Waals surface area contributed by atoms with Gasteiger partial charge in [-0.25, -0.2) is 9.78 Å². The van der Waals surface area contributed by atoms with E-state index in [0.29, 0.717) is 28.0 Å². The number of nitrogens with one attached hydrogen (secondary N) is 2. The van der Waals surface area contributed by atoms with Gasteiger partial charge in [0, 0.05) is 28.2 Å². The Labute approximate surface area is 206 Å². The zero-order valence-electron chi connectivity index (χ0n) is 20.2. The largest absolute Gasteiger partial charge is 0.348 e. The number of halogens is 1. The van der Waals surface area contributed by atoms with Crippen LogP contribution < -0.4 is 10.6 Å². The van der Waals surface area contributed by atoms with Crippen molar-refractivity contribution in [3.05, 3.63) is 45.4 Å². The van der Waals surface area contributed by atoms with Gasteiger partial charge < -0.3 is 20.4 Å². The van der Waals surface area contributed by atoms with E-state index in [-0.39, 0.29) is 24.0 Å². The van der Waals surface area contributed by atoms with Crippen molar-refractivity contribution in [2.75, 3.05) is 25.0 Å². The van der Waals surface area contributed by atoms with Gasteiger partial charge in [0.2, 0.25) is 0 Å². The van der Waals surface area contributed by atoms with Gasteiger partial charge in [0.05, 0.1) is 6.54 Å². The summed E-state index contributed by atoms with van der Waals surface area (Å²) < 4.78 is 0. The van der Waals surface area contributed by atoms with E-state index in [1.807, 2.05) is 20.8 Å². The van der Waals surface area contributed by atoms with Crippen LogP contribution in [0.4, 0.5) is 10.5 Å². The van der Waals surface area contributed by atoms with Crippen LogP contribution in [0.1, 0.15) is 63.0 Å². The van der Waals surface area contributed by atoms with Gasteiger partial charge in [0.25, 0.3) is 5.91 Å². The van der Waals surface area contributed by atoms with Gasteiger partial charge in [-0.2, -0.15) is 0 Å². The molecule has 1 heterocycles. The number of hydrogen-bond acceptors (Lipinski definition) is 5. The fourth-order valence-electron chi connectivity index (χ4n) is 3.38. The molecule has 0 aliphatic rings. The highest BCUT2D eigenvalue weighted by Gasteiger charge is 2.21. The van der Waals surface area contributed by atoms with Crippen molar-refractivity contribution in [2.45, 2.75) is 66.1 Å². The van der Waals surface area contributed by atoms with Crippen LogP contribution in [0.3, 0.4) is 0 Å². The standard InChI is InChI=1S/C24H36ClN5O2S/c1-6-29(7-2)14-8-9-18(5)26-23(31)21-16-33-22(28-21)15-30(17(3)4)24(32)27-20-12-10-19(25)11-13-20/h10-13,16-18H,6-9,14-15H2,1-5H3,(H,26,31)(H,27,32). The van der Waals surface area contributed by atoms with Gasteiger partial charge in [0.15, 0.2) is 0 Å². The molecule has 3 amide bonds. The van der Waals surface area contributed by atoms with Crippen LogP contribution >= 0.6 is 22.9 Å². The predicted molar refractivity (Wildman–Crippen MR) is 137 cm³/mol. The Balaban J connectivity index is 1.90. The number of aromatic nitrogens is 1. The molecule has 0 saturated carbocycles. The number of carbonyl (C=O) groups is 2. The zero-order valence-corrected chi connectivity index (χ0v) is 21.8. The summed E-state index contributed by atoms with van der Waals surface area (Å²) in [7, 11) is 0. The molecule has 0 bridgehead atoms. The Morgan fingerprint density at radius 2 is 1.79 bits per heavy atom. The first-order valence-corrected chi connectivity index (χ1v) is 12.8. The summed E-state index contributed by atoms with van der Waals surface area (Å²) in [4.78, 5) is 34.0. The van der Waals surface area contributed by atoms with Crippen molar-refractivity contribution in [1.82, 2.24) is 20.1 Å². The maximum atomic E-state index is 12.8. The average Bonchev–Trinajstić information content (AvgIpc) is 3.25. The highest BCUT2D eigenvalue weighted by molar-refractivity contribution is 7.09. The third-order valence-electron chi connectivity index (χ3n) is 5.45. The van der Waals surface area contributed by atoms with E-state index >= 15 is 0 Å². The minimum absolute atomic E-state index is 0.0377. The lowest BCUT2D eigenvalue weighted by molar-refractivity contribution is 0.0932. The van der Waals surface area contributed by atoms with E-state index in [2.05, 4.69) is 34.4 Å².